The van der Waals surface area contributed by atoms with E-state index in [0.717, 1.165) is 30.8 Å². The van der Waals surface area contributed by atoms with Gasteiger partial charge in [0.25, 0.3) is 0 Å². The van der Waals surface area contributed by atoms with Gasteiger partial charge >= 0.3 is 0 Å². The van der Waals surface area contributed by atoms with Crippen LogP contribution < -0.4 is 0 Å². The quantitative estimate of drug-likeness (QED) is 0.496. The fourth-order valence-electron chi connectivity index (χ4n) is 2.42. The van der Waals surface area contributed by atoms with Gasteiger partial charge in [0.1, 0.15) is 5.69 Å². The van der Waals surface area contributed by atoms with Gasteiger partial charge in [0.05, 0.1) is 0 Å². The maximum atomic E-state index is 11.5. The van der Waals surface area contributed by atoms with E-state index in [1.165, 1.54) is 0 Å². The molecule has 2 heterocycles. The molecular formula is C13H19N3O2. The van der Waals surface area contributed by atoms with Crippen LogP contribution in [-0.2, 0) is 17.8 Å². The first-order chi connectivity index (χ1) is 8.40. The van der Waals surface area contributed by atoms with Crippen molar-refractivity contribution in [2.75, 3.05) is 13.1 Å². The number of hydrogen-bond acceptors (Lipinski definition) is 4. The van der Waals surface area contributed by atoms with Gasteiger partial charge < -0.3 is 0 Å². The van der Waals surface area contributed by atoms with Crippen LogP contribution in [0, 0.1) is 5.41 Å². The molecule has 5 heteroatoms. The van der Waals surface area contributed by atoms with Crippen LogP contribution in [0.2, 0.25) is 0 Å². The van der Waals surface area contributed by atoms with Crippen LogP contribution in [0.5, 0.6) is 0 Å². The Morgan fingerprint density at radius 2 is 2.22 bits per heavy atom. The molecule has 0 bridgehead atoms. The second kappa shape index (κ2) is 4.65. The van der Waals surface area contributed by atoms with Crippen molar-refractivity contribution < 1.29 is 9.59 Å². The lowest BCUT2D eigenvalue weighted by molar-refractivity contribution is -0.104. The van der Waals surface area contributed by atoms with Gasteiger partial charge in [0.15, 0.2) is 6.29 Å². The number of ketones is 1. The van der Waals surface area contributed by atoms with Crippen molar-refractivity contribution in [3.05, 3.63) is 17.0 Å². The molecule has 1 aromatic heterocycles. The Hall–Kier alpha value is -1.49. The van der Waals surface area contributed by atoms with Gasteiger partial charge in [0.2, 0.25) is 5.78 Å². The highest BCUT2D eigenvalue weighted by Gasteiger charge is 2.27. The Kier molecular flexibility index (Phi) is 3.34. The summed E-state index contributed by atoms with van der Waals surface area (Å²) in [5.41, 5.74) is 2.39. The van der Waals surface area contributed by atoms with Crippen LogP contribution >= 0.6 is 0 Å². The van der Waals surface area contributed by atoms with Gasteiger partial charge in [0, 0.05) is 37.3 Å². The second-order valence-electron chi connectivity index (χ2n) is 6.03. The van der Waals surface area contributed by atoms with E-state index in [-0.39, 0.29) is 5.41 Å². The number of aldehydes is 1. The Bertz CT molecular complexity index is 471. The molecule has 0 saturated heterocycles. The SMILES string of the molecule is CC(C)(C)CN1CCc2[nH]nc(C(=O)C=O)c2C1. The van der Waals surface area contributed by atoms with Gasteiger partial charge in [-0.1, -0.05) is 20.8 Å². The Morgan fingerprint density at radius 3 is 2.83 bits per heavy atom. The molecule has 0 radical (unpaired) electrons. The third kappa shape index (κ3) is 2.67. The Labute approximate surface area is 107 Å². The molecule has 98 valence electrons. The number of H-pyrrole nitrogens is 1. The highest BCUT2D eigenvalue weighted by molar-refractivity contribution is 6.33. The number of fused-ring (bicyclic) bond motifs is 1. The molecule has 1 N–H and O–H groups in total. The number of carbonyl (C=O) groups is 2. The zero-order valence-electron chi connectivity index (χ0n) is 11.1. The molecule has 5 nitrogen and oxygen atoms in total. The summed E-state index contributed by atoms with van der Waals surface area (Å²) in [4.78, 5) is 24.4. The molecule has 0 atom stereocenters. The first kappa shape index (κ1) is 13.0. The van der Waals surface area contributed by atoms with Gasteiger partial charge in [-0.2, -0.15) is 5.10 Å². The van der Waals surface area contributed by atoms with E-state index in [4.69, 9.17) is 0 Å². The largest absolute Gasteiger partial charge is 0.298 e. The molecule has 0 saturated carbocycles. The third-order valence-electron chi connectivity index (χ3n) is 3.05. The molecule has 0 aliphatic carbocycles. The molecule has 0 unspecified atom stereocenters. The normalized spacial score (nSPS) is 16.4. The van der Waals surface area contributed by atoms with Crippen molar-refractivity contribution >= 4 is 12.1 Å². The zero-order valence-corrected chi connectivity index (χ0v) is 11.1. The predicted octanol–water partition coefficient (Wildman–Crippen LogP) is 1.20. The number of nitrogens with one attached hydrogen (secondary N) is 1. The molecule has 0 fully saturated rings. The summed E-state index contributed by atoms with van der Waals surface area (Å²) in [6.45, 7) is 9.19. The fourth-order valence-corrected chi connectivity index (χ4v) is 2.42. The lowest BCUT2D eigenvalue weighted by Crippen LogP contribution is -2.37. The maximum Gasteiger partial charge on any atom is 0.245 e. The van der Waals surface area contributed by atoms with E-state index in [1.807, 2.05) is 0 Å². The van der Waals surface area contributed by atoms with E-state index in [1.54, 1.807) is 0 Å². The lowest BCUT2D eigenvalue weighted by Gasteiger charge is -2.32. The molecule has 18 heavy (non-hydrogen) atoms. The third-order valence-corrected chi connectivity index (χ3v) is 3.05. The Morgan fingerprint density at radius 1 is 1.50 bits per heavy atom. The van der Waals surface area contributed by atoms with Crippen LogP contribution in [-0.4, -0.2) is 40.3 Å². The second-order valence-corrected chi connectivity index (χ2v) is 6.03. The summed E-state index contributed by atoms with van der Waals surface area (Å²) in [5, 5.41) is 6.84. The average Bonchev–Trinajstić information content (AvgIpc) is 2.69. The minimum Gasteiger partial charge on any atom is -0.298 e. The highest BCUT2D eigenvalue weighted by Crippen LogP contribution is 2.24. The van der Waals surface area contributed by atoms with Crippen molar-refractivity contribution in [3.63, 3.8) is 0 Å². The van der Waals surface area contributed by atoms with E-state index in [9.17, 15) is 9.59 Å². The van der Waals surface area contributed by atoms with E-state index >= 15 is 0 Å². The fraction of sp³-hybridized carbons (Fsp3) is 0.615. The maximum absolute atomic E-state index is 11.5. The van der Waals surface area contributed by atoms with E-state index < -0.39 is 5.78 Å². The van der Waals surface area contributed by atoms with Gasteiger partial charge in [-0.25, -0.2) is 0 Å². The predicted molar refractivity (Wildman–Crippen MR) is 67.4 cm³/mol. The summed E-state index contributed by atoms with van der Waals surface area (Å²) in [7, 11) is 0. The number of hydrogen-bond donors (Lipinski definition) is 1. The zero-order chi connectivity index (χ0) is 13.3. The molecular weight excluding hydrogens is 230 g/mol. The minimum atomic E-state index is -0.537. The number of Topliss-reactive ketones (excluding diaryl/α,β-unsaturated/α-hetero) is 1. The Balaban J connectivity index is 2.19. The number of carbonyl (C=O) groups excluding carboxylic acids is 2. The first-order valence-corrected chi connectivity index (χ1v) is 6.19. The van der Waals surface area contributed by atoms with Gasteiger partial charge in [-0.3, -0.25) is 19.6 Å². The summed E-state index contributed by atoms with van der Waals surface area (Å²) in [6, 6.07) is 0. The topological polar surface area (TPSA) is 66.1 Å². The van der Waals surface area contributed by atoms with Gasteiger partial charge in [-0.15, -0.1) is 0 Å². The summed E-state index contributed by atoms with van der Waals surface area (Å²) < 4.78 is 0. The van der Waals surface area contributed by atoms with Crippen molar-refractivity contribution in [1.29, 1.82) is 0 Å². The molecule has 1 aliphatic rings. The summed E-state index contributed by atoms with van der Waals surface area (Å²) in [5.74, 6) is -0.537. The lowest BCUT2D eigenvalue weighted by atomic mass is 9.94. The number of aromatic nitrogens is 2. The molecule has 0 amide bonds. The molecule has 0 aromatic carbocycles. The molecule has 0 spiro atoms. The van der Waals surface area contributed by atoms with E-state index in [2.05, 4.69) is 35.9 Å². The number of nitrogens with zero attached hydrogens (tertiary/aromatic N) is 2. The van der Waals surface area contributed by atoms with Crippen molar-refractivity contribution in [1.82, 2.24) is 15.1 Å². The highest BCUT2D eigenvalue weighted by atomic mass is 16.2. The van der Waals surface area contributed by atoms with E-state index in [0.29, 0.717) is 18.5 Å². The number of aromatic amines is 1. The smallest absolute Gasteiger partial charge is 0.245 e. The first-order valence-electron chi connectivity index (χ1n) is 6.19. The average molecular weight is 249 g/mol. The summed E-state index contributed by atoms with van der Waals surface area (Å²) >= 11 is 0. The molecule has 1 aliphatic heterocycles. The van der Waals surface area contributed by atoms with Crippen LogP contribution in [0.3, 0.4) is 0 Å². The standard InChI is InChI=1S/C13H19N3O2/c1-13(2,3)8-16-5-4-10-9(6-16)12(15-14-10)11(18)7-17/h7H,4-6,8H2,1-3H3,(H,14,15). The molecule has 2 rings (SSSR count). The molecule has 1 aromatic rings. The van der Waals surface area contributed by atoms with Gasteiger partial charge in [-0.05, 0) is 5.41 Å². The van der Waals surface area contributed by atoms with Crippen LogP contribution in [0.15, 0.2) is 0 Å². The number of rotatable bonds is 3. The van der Waals surface area contributed by atoms with Crippen molar-refractivity contribution in [2.24, 2.45) is 5.41 Å². The van der Waals surface area contributed by atoms with Crippen molar-refractivity contribution in [2.45, 2.75) is 33.7 Å². The summed E-state index contributed by atoms with van der Waals surface area (Å²) in [6.07, 6.45) is 1.18. The van der Waals surface area contributed by atoms with Crippen LogP contribution in [0.1, 0.15) is 42.5 Å². The van der Waals surface area contributed by atoms with Crippen LogP contribution in [0.4, 0.5) is 0 Å². The monoisotopic (exact) mass is 249 g/mol. The minimum absolute atomic E-state index is 0.218. The van der Waals surface area contributed by atoms with Crippen LogP contribution in [0.25, 0.3) is 0 Å². The van der Waals surface area contributed by atoms with Crippen molar-refractivity contribution in [3.8, 4) is 0 Å².